The molecule has 0 aliphatic carbocycles. The van der Waals surface area contributed by atoms with Crippen LogP contribution in [-0.4, -0.2) is 83.3 Å². The van der Waals surface area contributed by atoms with Crippen molar-refractivity contribution in [3.05, 3.63) is 18.2 Å². The van der Waals surface area contributed by atoms with E-state index >= 15 is 0 Å². The fourth-order valence-corrected chi connectivity index (χ4v) is 5.50. The number of hydrogen-bond donors (Lipinski definition) is 3. The largest absolute Gasteiger partial charge is 0.464 e. The van der Waals surface area contributed by atoms with Crippen molar-refractivity contribution in [3.8, 4) is 0 Å². The summed E-state index contributed by atoms with van der Waals surface area (Å²) in [5.41, 5.74) is 0.781. The van der Waals surface area contributed by atoms with Crippen LogP contribution in [0.1, 0.15) is 148 Å². The van der Waals surface area contributed by atoms with Crippen LogP contribution in [0, 0.1) is 0 Å². The molecule has 0 spiro atoms. The van der Waals surface area contributed by atoms with Gasteiger partial charge < -0.3 is 29.8 Å². The van der Waals surface area contributed by atoms with Gasteiger partial charge >= 0.3 is 11.9 Å². The van der Waals surface area contributed by atoms with E-state index in [0.717, 1.165) is 44.2 Å². The third kappa shape index (κ3) is 23.0. The fraction of sp³-hybridized carbons (Fsp3) is 0.833. The van der Waals surface area contributed by atoms with Gasteiger partial charge in [-0.3, -0.25) is 14.4 Å². The van der Waals surface area contributed by atoms with Gasteiger partial charge in [0.2, 0.25) is 5.91 Å². The summed E-state index contributed by atoms with van der Waals surface area (Å²) in [6.45, 7) is 5.12. The number of aromatic amines is 1. The number of nitrogens with zero attached hydrogens (tertiary/aromatic N) is 2. The number of carbonyl (C=O) groups is 3. The summed E-state index contributed by atoms with van der Waals surface area (Å²) < 4.78 is 11.0. The summed E-state index contributed by atoms with van der Waals surface area (Å²) in [6, 6.07) is -0.622. The van der Waals surface area contributed by atoms with Gasteiger partial charge in [0.25, 0.3) is 0 Å². The van der Waals surface area contributed by atoms with Gasteiger partial charge in [-0.05, 0) is 12.8 Å². The zero-order valence-corrected chi connectivity index (χ0v) is 29.2. The van der Waals surface area contributed by atoms with Crippen molar-refractivity contribution < 1.29 is 29.0 Å². The Hall–Kier alpha value is -2.46. The maximum absolute atomic E-state index is 13.6. The van der Waals surface area contributed by atoms with Gasteiger partial charge in [0, 0.05) is 37.7 Å². The number of H-pyrrole nitrogens is 1. The smallest absolute Gasteiger partial charge is 0.305 e. The first-order valence-corrected chi connectivity index (χ1v) is 18.4. The molecular weight excluding hydrogens is 584 g/mol. The molecule has 1 atom stereocenters. The molecule has 0 saturated carbocycles. The molecule has 1 heterocycles. The maximum Gasteiger partial charge on any atom is 0.305 e. The van der Waals surface area contributed by atoms with E-state index in [1.165, 1.54) is 77.0 Å². The highest BCUT2D eigenvalue weighted by Crippen LogP contribution is 2.12. The third-order valence-corrected chi connectivity index (χ3v) is 8.31. The van der Waals surface area contributed by atoms with Gasteiger partial charge in [0.1, 0.15) is 13.2 Å². The molecule has 0 fully saturated rings. The molecule has 266 valence electrons. The van der Waals surface area contributed by atoms with Crippen LogP contribution in [0.15, 0.2) is 12.5 Å². The van der Waals surface area contributed by atoms with Crippen LogP contribution < -0.4 is 5.32 Å². The summed E-state index contributed by atoms with van der Waals surface area (Å²) >= 11 is 0. The molecule has 0 aliphatic rings. The number of hydrogen-bond acceptors (Lipinski definition) is 8. The highest BCUT2D eigenvalue weighted by atomic mass is 16.5. The number of aliphatic hydroxyl groups excluding tert-OH is 1. The Morgan fingerprint density at radius 1 is 0.761 bits per heavy atom. The molecule has 0 aliphatic heterocycles. The Balaban J connectivity index is 2.49. The number of esters is 2. The average Bonchev–Trinajstić information content (AvgIpc) is 3.57. The lowest BCUT2D eigenvalue weighted by molar-refractivity contribution is -0.148. The Labute approximate surface area is 279 Å². The molecule has 1 unspecified atom stereocenters. The normalized spacial score (nSPS) is 11.8. The van der Waals surface area contributed by atoms with Crippen molar-refractivity contribution in [1.29, 1.82) is 0 Å². The van der Waals surface area contributed by atoms with Crippen molar-refractivity contribution in [2.45, 2.75) is 155 Å². The van der Waals surface area contributed by atoms with Gasteiger partial charge in [0.15, 0.2) is 0 Å². The number of aromatic nitrogens is 2. The van der Waals surface area contributed by atoms with Crippen molar-refractivity contribution in [2.75, 3.05) is 39.5 Å². The quantitative estimate of drug-likeness (QED) is 0.0582. The second-order valence-electron chi connectivity index (χ2n) is 12.4. The zero-order valence-electron chi connectivity index (χ0n) is 29.2. The van der Waals surface area contributed by atoms with Gasteiger partial charge in [-0.25, -0.2) is 4.98 Å². The van der Waals surface area contributed by atoms with Crippen LogP contribution >= 0.6 is 0 Å². The molecule has 46 heavy (non-hydrogen) atoms. The summed E-state index contributed by atoms with van der Waals surface area (Å²) in [5.74, 6) is -0.724. The predicted molar refractivity (Wildman–Crippen MR) is 183 cm³/mol. The highest BCUT2D eigenvalue weighted by Gasteiger charge is 2.25. The number of nitrogens with one attached hydrogen (secondary N) is 2. The minimum Gasteiger partial charge on any atom is -0.464 e. The van der Waals surface area contributed by atoms with Gasteiger partial charge in [-0.2, -0.15) is 0 Å². The van der Waals surface area contributed by atoms with E-state index in [-0.39, 0.29) is 57.3 Å². The zero-order chi connectivity index (χ0) is 33.5. The minimum atomic E-state index is -0.622. The highest BCUT2D eigenvalue weighted by molar-refractivity contribution is 5.82. The van der Waals surface area contributed by atoms with E-state index < -0.39 is 6.04 Å². The molecule has 10 nitrogen and oxygen atoms in total. The molecule has 1 aromatic heterocycles. The Morgan fingerprint density at radius 2 is 1.22 bits per heavy atom. The summed E-state index contributed by atoms with van der Waals surface area (Å²) in [7, 11) is 0. The minimum absolute atomic E-state index is 0.0746. The molecule has 0 radical (unpaired) electrons. The Kier molecular flexibility index (Phi) is 27.0. The van der Waals surface area contributed by atoms with E-state index in [1.807, 2.05) is 0 Å². The first-order chi connectivity index (χ1) is 22.5. The summed E-state index contributed by atoms with van der Waals surface area (Å²) in [5, 5.41) is 12.5. The average molecular weight is 651 g/mol. The van der Waals surface area contributed by atoms with Gasteiger partial charge in [-0.15, -0.1) is 0 Å². The Morgan fingerprint density at radius 3 is 1.63 bits per heavy atom. The predicted octanol–water partition coefficient (Wildman–Crippen LogP) is 6.66. The van der Waals surface area contributed by atoms with Crippen molar-refractivity contribution in [3.63, 3.8) is 0 Å². The van der Waals surface area contributed by atoms with E-state index in [1.54, 1.807) is 17.4 Å². The third-order valence-electron chi connectivity index (χ3n) is 8.31. The molecule has 0 aromatic carbocycles. The number of ether oxygens (including phenoxy) is 2. The van der Waals surface area contributed by atoms with Crippen LogP contribution in [0.2, 0.25) is 0 Å². The second-order valence-corrected chi connectivity index (χ2v) is 12.4. The summed E-state index contributed by atoms with van der Waals surface area (Å²) in [4.78, 5) is 47.0. The number of aliphatic hydroxyl groups is 1. The van der Waals surface area contributed by atoms with Crippen LogP contribution in [0.4, 0.5) is 0 Å². The number of amides is 1. The second kappa shape index (κ2) is 29.9. The van der Waals surface area contributed by atoms with Gasteiger partial charge in [-0.1, -0.05) is 117 Å². The molecule has 1 aromatic rings. The van der Waals surface area contributed by atoms with Crippen LogP contribution in [0.25, 0.3) is 0 Å². The van der Waals surface area contributed by atoms with Crippen molar-refractivity contribution >= 4 is 17.8 Å². The number of carbonyl (C=O) groups excluding carboxylic acids is 3. The van der Waals surface area contributed by atoms with Crippen molar-refractivity contribution in [1.82, 2.24) is 20.2 Å². The van der Waals surface area contributed by atoms with E-state index in [4.69, 9.17) is 9.47 Å². The molecule has 1 amide bonds. The molecular formula is C36H66N4O6. The molecule has 10 heteroatoms. The lowest BCUT2D eigenvalue weighted by Gasteiger charge is -2.27. The molecule has 0 bridgehead atoms. The van der Waals surface area contributed by atoms with E-state index in [9.17, 15) is 19.5 Å². The first kappa shape index (κ1) is 41.6. The molecule has 1 rings (SSSR count). The summed E-state index contributed by atoms with van der Waals surface area (Å²) in [6.07, 6.45) is 25.5. The van der Waals surface area contributed by atoms with Gasteiger partial charge in [0.05, 0.1) is 32.1 Å². The van der Waals surface area contributed by atoms with Crippen LogP contribution in [0.3, 0.4) is 0 Å². The lowest BCUT2D eigenvalue weighted by atomic mass is 10.1. The Bertz CT molecular complexity index is 827. The SMILES string of the molecule is CCCCCCCCCCCC(=O)OCCN(CCOC(=O)CCCCCCCCCCC)C(=O)C(Cc1cnc[nH]1)NCCO. The van der Waals surface area contributed by atoms with E-state index in [0.29, 0.717) is 19.3 Å². The van der Waals surface area contributed by atoms with Crippen molar-refractivity contribution in [2.24, 2.45) is 0 Å². The molecule has 0 saturated heterocycles. The van der Waals surface area contributed by atoms with E-state index in [2.05, 4.69) is 29.1 Å². The number of unbranched alkanes of at least 4 members (excludes halogenated alkanes) is 16. The first-order valence-electron chi connectivity index (χ1n) is 18.4. The fourth-order valence-electron chi connectivity index (χ4n) is 5.50. The standard InChI is InChI=1S/C36H66N4O6/c1-3-5-7-9-11-13-15-17-19-21-34(42)45-27-24-40(36(44)33(38-23-26-41)29-32-30-37-31-39-32)25-28-46-35(43)22-20-18-16-14-12-10-8-6-4-2/h30-31,33,38,41H,3-29H2,1-2H3,(H,37,39). The maximum atomic E-state index is 13.6. The van der Waals surface area contributed by atoms with Crippen LogP contribution in [0.5, 0.6) is 0 Å². The number of imidazole rings is 1. The van der Waals surface area contributed by atoms with Crippen LogP contribution in [-0.2, 0) is 30.3 Å². The number of rotatable bonds is 32. The monoisotopic (exact) mass is 650 g/mol. The molecule has 3 N–H and O–H groups in total. The topological polar surface area (TPSA) is 134 Å². The lowest BCUT2D eigenvalue weighted by Crippen LogP contribution is -2.50.